The van der Waals surface area contributed by atoms with Crippen LogP contribution in [0.25, 0.3) is 0 Å². The van der Waals surface area contributed by atoms with Gasteiger partial charge in [0.15, 0.2) is 0 Å². The van der Waals surface area contributed by atoms with Crippen LogP contribution in [0.5, 0.6) is 0 Å². The summed E-state index contributed by atoms with van der Waals surface area (Å²) >= 11 is 0. The lowest BCUT2D eigenvalue weighted by molar-refractivity contribution is 0.805. The Labute approximate surface area is 104 Å². The molecule has 88 valence electrons. The first-order valence-electron chi connectivity index (χ1n) is 6.41. The highest BCUT2D eigenvalue weighted by Gasteiger charge is 2.05. The molecular formula is C17H20. The van der Waals surface area contributed by atoms with E-state index in [0.29, 0.717) is 0 Å². The normalized spacial score (nSPS) is 15.1. The minimum absolute atomic E-state index is 1.04. The minimum atomic E-state index is 1.04. The number of benzene rings is 1. The summed E-state index contributed by atoms with van der Waals surface area (Å²) in [5.74, 6) is 0. The molecule has 1 aromatic carbocycles. The highest BCUT2D eigenvalue weighted by Crippen LogP contribution is 2.24. The Morgan fingerprint density at radius 2 is 1.65 bits per heavy atom. The van der Waals surface area contributed by atoms with Gasteiger partial charge in [0, 0.05) is 0 Å². The molecule has 0 radical (unpaired) electrons. The van der Waals surface area contributed by atoms with Gasteiger partial charge in [-0.3, -0.25) is 0 Å². The molecule has 1 aromatic rings. The van der Waals surface area contributed by atoms with Gasteiger partial charge in [-0.05, 0) is 37.7 Å². The van der Waals surface area contributed by atoms with Crippen LogP contribution in [-0.2, 0) is 6.42 Å². The van der Waals surface area contributed by atoms with Gasteiger partial charge in [0.05, 0.1) is 0 Å². The van der Waals surface area contributed by atoms with Crippen molar-refractivity contribution in [2.45, 2.75) is 32.1 Å². The number of rotatable bonds is 5. The van der Waals surface area contributed by atoms with E-state index >= 15 is 0 Å². The van der Waals surface area contributed by atoms with Crippen LogP contribution >= 0.6 is 0 Å². The van der Waals surface area contributed by atoms with Gasteiger partial charge in [-0.2, -0.15) is 0 Å². The first-order chi connectivity index (χ1) is 8.38. The zero-order chi connectivity index (χ0) is 11.9. The fourth-order valence-electron chi connectivity index (χ4n) is 2.24. The van der Waals surface area contributed by atoms with Crippen LogP contribution < -0.4 is 0 Å². The van der Waals surface area contributed by atoms with Crippen molar-refractivity contribution >= 4 is 0 Å². The second-order valence-corrected chi connectivity index (χ2v) is 4.63. The second-order valence-electron chi connectivity index (χ2n) is 4.63. The van der Waals surface area contributed by atoms with Gasteiger partial charge in [0.2, 0.25) is 0 Å². The van der Waals surface area contributed by atoms with Crippen molar-refractivity contribution in [3.05, 3.63) is 71.8 Å². The van der Waals surface area contributed by atoms with E-state index in [1.165, 1.54) is 30.4 Å². The van der Waals surface area contributed by atoms with Crippen molar-refractivity contribution in [2.24, 2.45) is 0 Å². The summed E-state index contributed by atoms with van der Waals surface area (Å²) in [6.07, 6.45) is 12.4. The third-order valence-corrected chi connectivity index (χ3v) is 3.31. The van der Waals surface area contributed by atoms with Gasteiger partial charge in [-0.15, -0.1) is 6.58 Å². The van der Waals surface area contributed by atoms with Crippen LogP contribution in [0, 0.1) is 0 Å². The zero-order valence-electron chi connectivity index (χ0n) is 10.4. The van der Waals surface area contributed by atoms with Crippen molar-refractivity contribution in [3.8, 4) is 0 Å². The summed E-state index contributed by atoms with van der Waals surface area (Å²) in [5, 5.41) is 0. The highest BCUT2D eigenvalue weighted by atomic mass is 14.1. The van der Waals surface area contributed by atoms with Crippen LogP contribution in [0.1, 0.15) is 31.2 Å². The molecule has 0 saturated heterocycles. The first-order valence-corrected chi connectivity index (χ1v) is 6.41. The van der Waals surface area contributed by atoms with Crippen LogP contribution in [0.3, 0.4) is 0 Å². The fraction of sp³-hybridized carbons (Fsp3) is 0.294. The SMILES string of the molecule is C=CCC1=CC=C(CCc2ccccc2)CC1. The van der Waals surface area contributed by atoms with E-state index in [1.54, 1.807) is 5.57 Å². The molecule has 0 fully saturated rings. The molecule has 0 saturated carbocycles. The Balaban J connectivity index is 1.87. The molecule has 0 bridgehead atoms. The lowest BCUT2D eigenvalue weighted by Crippen LogP contribution is -1.95. The maximum Gasteiger partial charge on any atom is -0.0138 e. The van der Waals surface area contributed by atoms with E-state index in [9.17, 15) is 0 Å². The molecule has 0 heteroatoms. The van der Waals surface area contributed by atoms with Crippen molar-refractivity contribution in [2.75, 3.05) is 0 Å². The lowest BCUT2D eigenvalue weighted by Gasteiger charge is -2.13. The summed E-state index contributed by atoms with van der Waals surface area (Å²) in [4.78, 5) is 0. The van der Waals surface area contributed by atoms with Crippen molar-refractivity contribution < 1.29 is 0 Å². The molecule has 0 nitrogen and oxygen atoms in total. The second kappa shape index (κ2) is 6.24. The summed E-state index contributed by atoms with van der Waals surface area (Å²) in [7, 11) is 0. The molecule has 1 aliphatic rings. The Bertz CT molecular complexity index is 421. The molecule has 0 atom stereocenters. The maximum atomic E-state index is 3.79. The third-order valence-electron chi connectivity index (χ3n) is 3.31. The Kier molecular flexibility index (Phi) is 4.37. The Hall–Kier alpha value is -1.56. The first kappa shape index (κ1) is 11.9. The van der Waals surface area contributed by atoms with E-state index < -0.39 is 0 Å². The number of hydrogen-bond donors (Lipinski definition) is 0. The highest BCUT2D eigenvalue weighted by molar-refractivity contribution is 5.26. The standard InChI is InChI=1S/C17H20/c1-2-6-15-9-12-17(13-10-15)14-11-16-7-4-3-5-8-16/h2-5,7-9,12H,1,6,10-11,13-14H2. The van der Waals surface area contributed by atoms with E-state index in [2.05, 4.69) is 49.1 Å². The van der Waals surface area contributed by atoms with Crippen LogP contribution in [-0.4, -0.2) is 0 Å². The minimum Gasteiger partial charge on any atom is -0.103 e. The van der Waals surface area contributed by atoms with Crippen LogP contribution in [0.15, 0.2) is 66.3 Å². The molecule has 0 heterocycles. The summed E-state index contributed by atoms with van der Waals surface area (Å²) in [5.41, 5.74) is 4.54. The quantitative estimate of drug-likeness (QED) is 0.628. The summed E-state index contributed by atoms with van der Waals surface area (Å²) < 4.78 is 0. The number of aryl methyl sites for hydroxylation is 1. The topological polar surface area (TPSA) is 0 Å². The smallest absolute Gasteiger partial charge is 0.0138 e. The molecule has 0 N–H and O–H groups in total. The number of hydrogen-bond acceptors (Lipinski definition) is 0. The van der Waals surface area contributed by atoms with Crippen LogP contribution in [0.4, 0.5) is 0 Å². The van der Waals surface area contributed by atoms with Gasteiger partial charge in [-0.25, -0.2) is 0 Å². The average molecular weight is 224 g/mol. The van der Waals surface area contributed by atoms with Gasteiger partial charge in [0.25, 0.3) is 0 Å². The van der Waals surface area contributed by atoms with Gasteiger partial charge < -0.3 is 0 Å². The van der Waals surface area contributed by atoms with Gasteiger partial charge in [-0.1, -0.05) is 59.7 Å². The number of allylic oxidation sites excluding steroid dienone is 5. The van der Waals surface area contributed by atoms with E-state index in [1.807, 2.05) is 6.08 Å². The summed E-state index contributed by atoms with van der Waals surface area (Å²) in [6.45, 7) is 3.79. The van der Waals surface area contributed by atoms with Gasteiger partial charge >= 0.3 is 0 Å². The van der Waals surface area contributed by atoms with Crippen molar-refractivity contribution in [1.29, 1.82) is 0 Å². The van der Waals surface area contributed by atoms with Crippen molar-refractivity contribution in [1.82, 2.24) is 0 Å². The average Bonchev–Trinajstić information content (AvgIpc) is 2.40. The largest absolute Gasteiger partial charge is 0.103 e. The molecule has 0 aromatic heterocycles. The van der Waals surface area contributed by atoms with E-state index in [-0.39, 0.29) is 0 Å². The monoisotopic (exact) mass is 224 g/mol. The maximum absolute atomic E-state index is 3.79. The third kappa shape index (κ3) is 3.74. The zero-order valence-corrected chi connectivity index (χ0v) is 10.4. The lowest BCUT2D eigenvalue weighted by atomic mass is 9.93. The molecule has 0 spiro atoms. The van der Waals surface area contributed by atoms with Gasteiger partial charge in [0.1, 0.15) is 0 Å². The van der Waals surface area contributed by atoms with E-state index in [0.717, 1.165) is 12.8 Å². The van der Waals surface area contributed by atoms with E-state index in [4.69, 9.17) is 0 Å². The molecule has 0 unspecified atom stereocenters. The predicted molar refractivity (Wildman–Crippen MR) is 75.0 cm³/mol. The summed E-state index contributed by atoms with van der Waals surface area (Å²) in [6, 6.07) is 10.7. The Morgan fingerprint density at radius 3 is 2.29 bits per heavy atom. The molecule has 1 aliphatic carbocycles. The van der Waals surface area contributed by atoms with Crippen molar-refractivity contribution in [3.63, 3.8) is 0 Å². The molecule has 0 aliphatic heterocycles. The van der Waals surface area contributed by atoms with Crippen LogP contribution in [0.2, 0.25) is 0 Å². The molecular weight excluding hydrogens is 204 g/mol. The fourth-order valence-corrected chi connectivity index (χ4v) is 2.24. The predicted octanol–water partition coefficient (Wildman–Crippen LogP) is 4.84. The molecule has 2 rings (SSSR count). The molecule has 17 heavy (non-hydrogen) atoms. The molecule has 0 amide bonds. The Morgan fingerprint density at radius 1 is 0.941 bits per heavy atom.